The number of ether oxygens (including phenoxy) is 1. The van der Waals surface area contributed by atoms with Crippen LogP contribution >= 0.6 is 0 Å². The van der Waals surface area contributed by atoms with Crippen LogP contribution in [0.25, 0.3) is 0 Å². The van der Waals surface area contributed by atoms with E-state index in [0.29, 0.717) is 13.2 Å². The van der Waals surface area contributed by atoms with E-state index >= 15 is 0 Å². The summed E-state index contributed by atoms with van der Waals surface area (Å²) in [5.41, 5.74) is 2.06. The van der Waals surface area contributed by atoms with Gasteiger partial charge in [-0.25, -0.2) is 4.79 Å². The van der Waals surface area contributed by atoms with Gasteiger partial charge in [0.2, 0.25) is 0 Å². The zero-order chi connectivity index (χ0) is 19.5. The molecule has 0 radical (unpaired) electrons. The average Bonchev–Trinajstić information content (AvgIpc) is 2.71. The lowest BCUT2D eigenvalue weighted by Gasteiger charge is -2.22. The van der Waals surface area contributed by atoms with E-state index in [4.69, 9.17) is 4.74 Å². The van der Waals surface area contributed by atoms with Crippen molar-refractivity contribution >= 4 is 6.03 Å². The fraction of sp³-hybridized carbons (Fsp3) is 0.409. The molecule has 1 atom stereocenters. The number of nitrogens with one attached hydrogen (secondary N) is 2. The van der Waals surface area contributed by atoms with Crippen LogP contribution in [0.4, 0.5) is 4.79 Å². The molecule has 1 unspecified atom stereocenters. The lowest BCUT2D eigenvalue weighted by molar-refractivity contribution is 0.235. The number of hydrogen-bond donors (Lipinski definition) is 2. The van der Waals surface area contributed by atoms with E-state index in [9.17, 15) is 4.79 Å². The highest BCUT2D eigenvalue weighted by Gasteiger charge is 2.16. The molecule has 0 bridgehead atoms. The minimum Gasteiger partial charge on any atom is -0.494 e. The molecule has 0 aliphatic carbocycles. The zero-order valence-electron chi connectivity index (χ0n) is 16.6. The minimum atomic E-state index is -0.213. The molecule has 0 fully saturated rings. The van der Waals surface area contributed by atoms with Crippen molar-refractivity contribution in [3.8, 4) is 5.75 Å². The largest absolute Gasteiger partial charge is 0.494 e. The van der Waals surface area contributed by atoms with E-state index in [1.54, 1.807) is 0 Å². The summed E-state index contributed by atoms with van der Waals surface area (Å²) >= 11 is 0. The van der Waals surface area contributed by atoms with E-state index in [1.165, 1.54) is 0 Å². The van der Waals surface area contributed by atoms with Gasteiger partial charge < -0.3 is 20.3 Å². The van der Waals surface area contributed by atoms with Crippen LogP contribution in [0.1, 0.15) is 37.9 Å². The first kappa shape index (κ1) is 20.8. The van der Waals surface area contributed by atoms with Crippen molar-refractivity contribution in [1.29, 1.82) is 0 Å². The number of benzene rings is 2. The lowest BCUT2D eigenvalue weighted by Crippen LogP contribution is -2.42. The Hall–Kier alpha value is -2.53. The van der Waals surface area contributed by atoms with Gasteiger partial charge in [0.1, 0.15) is 5.75 Å². The van der Waals surface area contributed by atoms with Crippen LogP contribution in [0.3, 0.4) is 0 Å². The molecular formula is C22H31N3O2. The molecule has 0 aromatic heterocycles. The topological polar surface area (TPSA) is 53.6 Å². The highest BCUT2D eigenvalue weighted by atomic mass is 16.5. The van der Waals surface area contributed by atoms with Crippen LogP contribution in [0.2, 0.25) is 0 Å². The van der Waals surface area contributed by atoms with Crippen LogP contribution in [0.15, 0.2) is 54.6 Å². The van der Waals surface area contributed by atoms with Gasteiger partial charge >= 0.3 is 6.03 Å². The van der Waals surface area contributed by atoms with Crippen LogP contribution in [0, 0.1) is 0 Å². The number of urea groups is 1. The Morgan fingerprint density at radius 2 is 1.59 bits per heavy atom. The molecule has 0 aliphatic heterocycles. The average molecular weight is 370 g/mol. The summed E-state index contributed by atoms with van der Waals surface area (Å²) in [6.45, 7) is 10.3. The van der Waals surface area contributed by atoms with Crippen molar-refractivity contribution in [3.05, 3.63) is 65.7 Å². The first-order valence-corrected chi connectivity index (χ1v) is 9.72. The molecule has 2 amide bonds. The third kappa shape index (κ3) is 6.61. The zero-order valence-corrected chi connectivity index (χ0v) is 16.6. The minimum absolute atomic E-state index is 0.162. The molecule has 5 heteroatoms. The Morgan fingerprint density at radius 3 is 2.19 bits per heavy atom. The van der Waals surface area contributed by atoms with Crippen molar-refractivity contribution in [1.82, 2.24) is 15.5 Å². The van der Waals surface area contributed by atoms with Gasteiger partial charge in [0, 0.05) is 13.1 Å². The van der Waals surface area contributed by atoms with Crippen LogP contribution < -0.4 is 15.4 Å². The first-order valence-electron chi connectivity index (χ1n) is 9.72. The molecule has 2 aromatic carbocycles. The number of rotatable bonds is 10. The second-order valence-corrected chi connectivity index (χ2v) is 6.27. The van der Waals surface area contributed by atoms with E-state index in [2.05, 4.69) is 29.4 Å². The Morgan fingerprint density at radius 1 is 0.963 bits per heavy atom. The molecule has 2 N–H and O–H groups in total. The molecule has 0 saturated carbocycles. The fourth-order valence-electron chi connectivity index (χ4n) is 2.98. The van der Waals surface area contributed by atoms with Gasteiger partial charge in [0.15, 0.2) is 0 Å². The number of nitrogens with zero attached hydrogens (tertiary/aromatic N) is 1. The molecule has 27 heavy (non-hydrogen) atoms. The predicted molar refractivity (Wildman–Crippen MR) is 110 cm³/mol. The fourth-order valence-corrected chi connectivity index (χ4v) is 2.98. The number of carbonyl (C=O) groups is 1. The molecule has 0 spiro atoms. The summed E-state index contributed by atoms with van der Waals surface area (Å²) in [5, 5.41) is 6.07. The van der Waals surface area contributed by atoms with Crippen molar-refractivity contribution in [3.63, 3.8) is 0 Å². The molecule has 2 aromatic rings. The maximum atomic E-state index is 12.5. The Bertz CT molecular complexity index is 670. The maximum absolute atomic E-state index is 12.5. The van der Waals surface area contributed by atoms with Gasteiger partial charge in [0.25, 0.3) is 0 Å². The molecule has 5 nitrogen and oxygen atoms in total. The molecule has 0 heterocycles. The number of amides is 2. The van der Waals surface area contributed by atoms with Crippen LogP contribution in [-0.4, -0.2) is 43.7 Å². The number of likely N-dealkylation sites (N-methyl/N-ethyl adjacent to an activating group) is 1. The number of carbonyl (C=O) groups excluding carboxylic acids is 1. The Balaban J connectivity index is 2.06. The van der Waals surface area contributed by atoms with Crippen molar-refractivity contribution < 1.29 is 9.53 Å². The summed E-state index contributed by atoms with van der Waals surface area (Å²) in [6.07, 6.45) is 0. The van der Waals surface area contributed by atoms with Gasteiger partial charge in [-0.15, -0.1) is 0 Å². The van der Waals surface area contributed by atoms with Gasteiger partial charge in [-0.2, -0.15) is 0 Å². The predicted octanol–water partition coefficient (Wildman–Crippen LogP) is 3.82. The lowest BCUT2D eigenvalue weighted by atomic mass is 9.99. The van der Waals surface area contributed by atoms with Gasteiger partial charge in [-0.05, 0) is 43.3 Å². The molecule has 0 saturated heterocycles. The van der Waals surface area contributed by atoms with Crippen LogP contribution in [0.5, 0.6) is 5.75 Å². The first-order chi connectivity index (χ1) is 13.2. The third-order valence-corrected chi connectivity index (χ3v) is 4.54. The smallest absolute Gasteiger partial charge is 0.315 e. The van der Waals surface area contributed by atoms with Crippen LogP contribution in [-0.2, 0) is 0 Å². The highest BCUT2D eigenvalue weighted by molar-refractivity contribution is 5.75. The van der Waals surface area contributed by atoms with Crippen molar-refractivity contribution in [2.24, 2.45) is 0 Å². The second-order valence-electron chi connectivity index (χ2n) is 6.27. The molecule has 146 valence electrons. The normalized spacial score (nSPS) is 11.9. The van der Waals surface area contributed by atoms with Gasteiger partial charge in [-0.3, -0.25) is 0 Å². The summed E-state index contributed by atoms with van der Waals surface area (Å²) < 4.78 is 5.52. The second kappa shape index (κ2) is 11.2. The molecular weight excluding hydrogens is 338 g/mol. The monoisotopic (exact) mass is 369 g/mol. The molecule has 2 rings (SSSR count). The summed E-state index contributed by atoms with van der Waals surface area (Å²) in [7, 11) is 0. The van der Waals surface area contributed by atoms with E-state index in [1.807, 2.05) is 61.5 Å². The Labute approximate surface area is 162 Å². The Kier molecular flexibility index (Phi) is 8.65. The third-order valence-electron chi connectivity index (χ3n) is 4.54. The summed E-state index contributed by atoms with van der Waals surface area (Å²) in [6, 6.07) is 17.5. The van der Waals surface area contributed by atoms with Gasteiger partial charge in [-0.1, -0.05) is 56.3 Å². The highest BCUT2D eigenvalue weighted by Crippen LogP contribution is 2.24. The maximum Gasteiger partial charge on any atom is 0.315 e. The van der Waals surface area contributed by atoms with Gasteiger partial charge in [0.05, 0.1) is 12.6 Å². The van der Waals surface area contributed by atoms with Crippen molar-refractivity contribution in [2.75, 3.05) is 32.8 Å². The molecule has 0 aliphatic rings. The van der Waals surface area contributed by atoms with E-state index < -0.39 is 0 Å². The summed E-state index contributed by atoms with van der Waals surface area (Å²) in [4.78, 5) is 14.7. The standard InChI is InChI=1S/C22H31N3O2/c1-4-25(5-2)17-16-23-22(26)24-21(18-10-8-7-9-11-18)19-12-14-20(15-13-19)27-6-3/h7-15,21H,4-6,16-17H2,1-3H3,(H2,23,24,26). The van der Waals surface area contributed by atoms with E-state index in [-0.39, 0.29) is 12.1 Å². The summed E-state index contributed by atoms with van der Waals surface area (Å²) in [5.74, 6) is 0.830. The van der Waals surface area contributed by atoms with Crippen molar-refractivity contribution in [2.45, 2.75) is 26.8 Å². The van der Waals surface area contributed by atoms with E-state index in [0.717, 1.165) is 36.5 Å². The number of hydrogen-bond acceptors (Lipinski definition) is 3. The SMILES string of the molecule is CCOc1ccc(C(NC(=O)NCCN(CC)CC)c2ccccc2)cc1. The quantitative estimate of drug-likeness (QED) is 0.669.